The van der Waals surface area contributed by atoms with Gasteiger partial charge < -0.3 is 29.0 Å². The summed E-state index contributed by atoms with van der Waals surface area (Å²) < 4.78 is 79.4. The number of carbonyl (C=O) groups is 3. The highest BCUT2D eigenvalue weighted by molar-refractivity contribution is 7.10. The highest BCUT2D eigenvalue weighted by Crippen LogP contribution is 2.44. The first kappa shape index (κ1) is 44.4. The number of methoxy groups -OCH3 is 1. The summed E-state index contributed by atoms with van der Waals surface area (Å²) in [4.78, 5) is 52.4. The number of nitrogens with one attached hydrogen (secondary N) is 2. The van der Waals surface area contributed by atoms with Gasteiger partial charge in [0.2, 0.25) is 5.91 Å². The van der Waals surface area contributed by atoms with Crippen molar-refractivity contribution in [3.8, 4) is 22.5 Å². The van der Waals surface area contributed by atoms with Crippen molar-refractivity contribution in [1.82, 2.24) is 30.3 Å². The molecule has 2 fully saturated rings. The molecule has 3 aromatic heterocycles. The van der Waals surface area contributed by atoms with Gasteiger partial charge in [-0.05, 0) is 55.9 Å². The zero-order valence-electron chi connectivity index (χ0n) is 35.3. The first-order valence-corrected chi connectivity index (χ1v) is 21.5. The van der Waals surface area contributed by atoms with Crippen molar-refractivity contribution in [1.29, 1.82) is 0 Å². The van der Waals surface area contributed by atoms with E-state index < -0.39 is 54.0 Å². The summed E-state index contributed by atoms with van der Waals surface area (Å²) >= 11 is 1.17. The molecule has 2 saturated heterocycles. The number of amides is 2. The molecule has 18 heteroatoms. The first-order valence-electron chi connectivity index (χ1n) is 20.7. The van der Waals surface area contributed by atoms with Crippen molar-refractivity contribution in [3.63, 3.8) is 0 Å². The number of esters is 1. The van der Waals surface area contributed by atoms with Crippen LogP contribution in [0.3, 0.4) is 0 Å². The maximum absolute atomic E-state index is 16.6. The van der Waals surface area contributed by atoms with Gasteiger partial charge in [0, 0.05) is 66.9 Å². The lowest BCUT2D eigenvalue weighted by Gasteiger charge is -2.35. The van der Waals surface area contributed by atoms with Gasteiger partial charge in [-0.2, -0.15) is 13.2 Å². The van der Waals surface area contributed by atoms with Crippen LogP contribution in [0.25, 0.3) is 33.4 Å². The number of cyclic esters (lactones) is 1. The molecule has 330 valence electrons. The third kappa shape index (κ3) is 10.0. The summed E-state index contributed by atoms with van der Waals surface area (Å²) in [5.41, 5.74) is 4.57. The number of hydrogen-bond acceptors (Lipinski definition) is 11. The largest absolute Gasteiger partial charge is 0.464 e. The molecule has 6 bridgehead atoms. The van der Waals surface area contributed by atoms with Gasteiger partial charge in [0.1, 0.15) is 24.4 Å². The molecule has 3 unspecified atom stereocenters. The molecule has 3 aliphatic rings. The Kier molecular flexibility index (Phi) is 13.1. The van der Waals surface area contributed by atoms with Crippen molar-refractivity contribution in [2.24, 2.45) is 11.3 Å². The Morgan fingerprint density at radius 2 is 1.87 bits per heavy atom. The van der Waals surface area contributed by atoms with Crippen LogP contribution in [0.15, 0.2) is 29.8 Å². The van der Waals surface area contributed by atoms with Crippen LogP contribution in [0.1, 0.15) is 76.3 Å². The van der Waals surface area contributed by atoms with Crippen LogP contribution in [0.4, 0.5) is 23.2 Å². The van der Waals surface area contributed by atoms with Crippen LogP contribution in [-0.4, -0.2) is 102 Å². The second-order valence-corrected chi connectivity index (χ2v) is 18.2. The molecule has 4 aromatic rings. The second kappa shape index (κ2) is 18.0. The quantitative estimate of drug-likeness (QED) is 0.144. The molecule has 0 aliphatic carbocycles. The predicted molar refractivity (Wildman–Crippen MR) is 222 cm³/mol. The number of alkyl halides is 3. The van der Waals surface area contributed by atoms with Gasteiger partial charge >= 0.3 is 12.1 Å². The summed E-state index contributed by atoms with van der Waals surface area (Å²) in [7, 11) is 1.50. The van der Waals surface area contributed by atoms with E-state index in [9.17, 15) is 27.6 Å². The molecule has 0 saturated carbocycles. The number of hydrazine groups is 1. The van der Waals surface area contributed by atoms with Gasteiger partial charge in [-0.1, -0.05) is 27.7 Å². The molecule has 2 N–H and O–H groups in total. The van der Waals surface area contributed by atoms with E-state index in [4.69, 9.17) is 24.2 Å². The minimum atomic E-state index is -4.71. The molecule has 2 amide bonds. The lowest BCUT2D eigenvalue weighted by molar-refractivity contribution is -0.155. The van der Waals surface area contributed by atoms with E-state index in [1.54, 1.807) is 18.5 Å². The fraction of sp³-hybridized carbons (Fsp3) is 0.558. The maximum atomic E-state index is 16.6. The zero-order valence-corrected chi connectivity index (χ0v) is 36.1. The number of morpholine rings is 1. The molecule has 61 heavy (non-hydrogen) atoms. The zero-order chi connectivity index (χ0) is 43.8. The summed E-state index contributed by atoms with van der Waals surface area (Å²) in [5, 5.41) is 6.61. The molecule has 1 aromatic carbocycles. The number of halogens is 4. The number of hydrogen-bond donors (Lipinski definition) is 2. The number of rotatable bonds is 8. The van der Waals surface area contributed by atoms with Crippen molar-refractivity contribution in [3.05, 3.63) is 51.9 Å². The number of pyridine rings is 1. The minimum absolute atomic E-state index is 0.0130. The number of ether oxygens (including phenoxy) is 3. The number of carbonyl (C=O) groups excluding carboxylic acids is 3. The Bertz CT molecular complexity index is 2270. The molecular weight excluding hydrogens is 819 g/mol. The van der Waals surface area contributed by atoms with Crippen LogP contribution in [-0.2, 0) is 48.0 Å². The van der Waals surface area contributed by atoms with Crippen LogP contribution in [0, 0.1) is 17.2 Å². The number of aromatic nitrogens is 3. The summed E-state index contributed by atoms with van der Waals surface area (Å²) in [6, 6.07) is 2.54. The van der Waals surface area contributed by atoms with E-state index >= 15 is 4.39 Å². The number of fused-ring (bicyclic) bond motifs is 6. The average molecular weight is 872 g/mol. The Balaban J connectivity index is 1.45. The van der Waals surface area contributed by atoms with E-state index in [0.29, 0.717) is 72.0 Å². The van der Waals surface area contributed by atoms with Gasteiger partial charge in [0.15, 0.2) is 0 Å². The summed E-state index contributed by atoms with van der Waals surface area (Å²) in [6.45, 7) is 9.99. The Hall–Kier alpha value is -4.65. The monoisotopic (exact) mass is 871 g/mol. The fourth-order valence-electron chi connectivity index (χ4n) is 8.28. The molecule has 0 radical (unpaired) electrons. The Labute approximate surface area is 356 Å². The van der Waals surface area contributed by atoms with E-state index in [0.717, 1.165) is 10.6 Å². The molecule has 13 nitrogen and oxygen atoms in total. The molecule has 7 rings (SSSR count). The van der Waals surface area contributed by atoms with E-state index in [1.165, 1.54) is 29.5 Å². The SMILES string of the molecule is COC(C)c1ncc(N2CCOCC2)cc1-c1c2c3cc(c(F)cc3n1CC(F)(F)F)-c1csc(n1)CC(NC(=O)CC(C)C)C(=O)N1CCCC(N1)C(=O)OCC(C)(C)C2. The van der Waals surface area contributed by atoms with E-state index in [1.807, 2.05) is 33.8 Å². The highest BCUT2D eigenvalue weighted by atomic mass is 32.1. The third-order valence-electron chi connectivity index (χ3n) is 11.3. The van der Waals surface area contributed by atoms with Crippen molar-refractivity contribution in [2.75, 3.05) is 51.5 Å². The van der Waals surface area contributed by atoms with Gasteiger partial charge in [0.25, 0.3) is 5.91 Å². The standard InChI is InChI=1S/C43H53F4N7O6S/c1-24(2)14-36(55)49-33-18-37-50-34(21-61-37)28-16-27-30(19-42(4,5)23-60-41(57)32-8-7-9-54(51-32)40(33)56)39(53(22-43(45,46)47)35(27)17-31(28)44)29-15-26(52-10-12-59-13-11-52)20-48-38(29)25(3)58-6/h15-17,20-21,24-25,32-33,51H,7-14,18-19,22-23H2,1-6H3,(H,49,55). The summed E-state index contributed by atoms with van der Waals surface area (Å²) in [6.07, 6.45) is -2.54. The smallest absolute Gasteiger partial charge is 0.406 e. The van der Waals surface area contributed by atoms with E-state index in [-0.39, 0.29) is 66.7 Å². The molecular formula is C43H53F4N7O6S. The minimum Gasteiger partial charge on any atom is -0.464 e. The number of benzene rings is 1. The van der Waals surface area contributed by atoms with Crippen molar-refractivity contribution < 1.29 is 46.2 Å². The number of anilines is 1. The molecule has 6 heterocycles. The van der Waals surface area contributed by atoms with Gasteiger partial charge in [0.05, 0.1) is 65.4 Å². The van der Waals surface area contributed by atoms with Crippen molar-refractivity contribution in [2.45, 2.75) is 97.6 Å². The third-order valence-corrected chi connectivity index (χ3v) is 12.2. The lowest BCUT2D eigenvalue weighted by Crippen LogP contribution is -2.60. The van der Waals surface area contributed by atoms with Crippen LogP contribution in [0.2, 0.25) is 0 Å². The van der Waals surface area contributed by atoms with Crippen LogP contribution >= 0.6 is 11.3 Å². The topological polar surface area (TPSA) is 140 Å². The van der Waals surface area contributed by atoms with Crippen LogP contribution in [0.5, 0.6) is 0 Å². The predicted octanol–water partition coefficient (Wildman–Crippen LogP) is 6.77. The lowest BCUT2D eigenvalue weighted by atomic mass is 9.84. The fourth-order valence-corrected chi connectivity index (χ4v) is 9.12. The first-order chi connectivity index (χ1) is 28.9. The molecule has 3 atom stereocenters. The molecule has 3 aliphatic heterocycles. The second-order valence-electron chi connectivity index (χ2n) is 17.3. The summed E-state index contributed by atoms with van der Waals surface area (Å²) in [5.74, 6) is -2.17. The average Bonchev–Trinajstić information content (AvgIpc) is 3.78. The van der Waals surface area contributed by atoms with Gasteiger partial charge in [-0.3, -0.25) is 24.4 Å². The maximum Gasteiger partial charge on any atom is 0.406 e. The Morgan fingerprint density at radius 3 is 2.57 bits per heavy atom. The van der Waals surface area contributed by atoms with Crippen LogP contribution < -0.4 is 15.6 Å². The van der Waals surface area contributed by atoms with Crippen molar-refractivity contribution >= 4 is 45.7 Å². The normalized spacial score (nSPS) is 20.8. The highest BCUT2D eigenvalue weighted by Gasteiger charge is 2.38. The Morgan fingerprint density at radius 1 is 1.11 bits per heavy atom. The van der Waals surface area contributed by atoms with Gasteiger partial charge in [-0.15, -0.1) is 11.3 Å². The van der Waals surface area contributed by atoms with E-state index in [2.05, 4.69) is 15.6 Å². The van der Waals surface area contributed by atoms with Gasteiger partial charge in [-0.25, -0.2) is 14.8 Å². The number of nitrogens with zero attached hydrogens (tertiary/aromatic N) is 5. The molecule has 0 spiro atoms. The number of thiazole rings is 1.